The molecular weight excluding hydrogens is 190 g/mol. The van der Waals surface area contributed by atoms with E-state index in [4.69, 9.17) is 10.2 Å². The number of nitrogens with two attached hydrogens (primary N) is 1. The predicted octanol–water partition coefficient (Wildman–Crippen LogP) is 1.54. The lowest BCUT2D eigenvalue weighted by atomic mass is 9.71. The van der Waals surface area contributed by atoms with Crippen molar-refractivity contribution in [2.24, 2.45) is 11.1 Å². The van der Waals surface area contributed by atoms with Crippen molar-refractivity contribution >= 4 is 0 Å². The molecule has 1 atom stereocenters. The lowest BCUT2D eigenvalue weighted by Gasteiger charge is -2.39. The maximum absolute atomic E-state index is 10.8. The Kier molecular flexibility index (Phi) is 1.80. The maximum Gasteiger partial charge on any atom is 0.139 e. The van der Waals surface area contributed by atoms with Crippen LogP contribution in [0.25, 0.3) is 0 Å². The van der Waals surface area contributed by atoms with Crippen molar-refractivity contribution in [1.29, 1.82) is 0 Å². The van der Waals surface area contributed by atoms with E-state index in [0.717, 1.165) is 31.4 Å². The Morgan fingerprint density at radius 1 is 1.40 bits per heavy atom. The number of rotatable bonds is 2. The molecule has 15 heavy (non-hydrogen) atoms. The minimum absolute atomic E-state index is 0.0806. The standard InChI is InChI=1S/C12H17NO2/c13-7-6-12(14)10-9(2-8-15-10)1-3-11(12)4-5-11/h2,8,14H,1,3-7,13H2. The van der Waals surface area contributed by atoms with Gasteiger partial charge in [-0.2, -0.15) is 0 Å². The van der Waals surface area contributed by atoms with E-state index in [1.807, 2.05) is 6.07 Å². The van der Waals surface area contributed by atoms with Gasteiger partial charge in [0, 0.05) is 5.41 Å². The predicted molar refractivity (Wildman–Crippen MR) is 56.3 cm³/mol. The summed E-state index contributed by atoms with van der Waals surface area (Å²) in [5, 5.41) is 10.8. The molecule has 0 aliphatic heterocycles. The molecule has 3 nitrogen and oxygen atoms in total. The second-order valence-corrected chi connectivity index (χ2v) is 4.95. The fourth-order valence-electron chi connectivity index (χ4n) is 3.12. The summed E-state index contributed by atoms with van der Waals surface area (Å²) < 4.78 is 5.49. The van der Waals surface area contributed by atoms with Crippen LogP contribution in [-0.4, -0.2) is 11.7 Å². The highest BCUT2D eigenvalue weighted by Gasteiger charge is 2.62. The van der Waals surface area contributed by atoms with Crippen LogP contribution < -0.4 is 5.73 Å². The van der Waals surface area contributed by atoms with Crippen molar-refractivity contribution in [2.45, 2.75) is 37.7 Å². The summed E-state index contributed by atoms with van der Waals surface area (Å²) in [7, 11) is 0. The van der Waals surface area contributed by atoms with E-state index in [2.05, 4.69) is 0 Å². The molecule has 1 aromatic rings. The molecule has 2 aliphatic carbocycles. The van der Waals surface area contributed by atoms with E-state index in [9.17, 15) is 5.11 Å². The van der Waals surface area contributed by atoms with E-state index in [1.165, 1.54) is 5.56 Å². The van der Waals surface area contributed by atoms with Crippen LogP contribution >= 0.6 is 0 Å². The number of hydrogen-bond acceptors (Lipinski definition) is 3. The van der Waals surface area contributed by atoms with E-state index in [0.29, 0.717) is 13.0 Å². The van der Waals surface area contributed by atoms with Gasteiger partial charge in [0.1, 0.15) is 11.4 Å². The van der Waals surface area contributed by atoms with Gasteiger partial charge in [0.2, 0.25) is 0 Å². The van der Waals surface area contributed by atoms with Gasteiger partial charge in [0.15, 0.2) is 0 Å². The van der Waals surface area contributed by atoms with Crippen LogP contribution in [0.5, 0.6) is 0 Å². The molecular formula is C12H17NO2. The highest BCUT2D eigenvalue weighted by molar-refractivity contribution is 5.32. The van der Waals surface area contributed by atoms with Gasteiger partial charge < -0.3 is 15.3 Å². The smallest absolute Gasteiger partial charge is 0.139 e. The van der Waals surface area contributed by atoms with Crippen LogP contribution in [0.4, 0.5) is 0 Å². The van der Waals surface area contributed by atoms with Crippen molar-refractivity contribution in [1.82, 2.24) is 0 Å². The Hall–Kier alpha value is -0.800. The molecule has 0 bridgehead atoms. The van der Waals surface area contributed by atoms with Gasteiger partial charge in [0.25, 0.3) is 0 Å². The summed E-state index contributed by atoms with van der Waals surface area (Å²) in [4.78, 5) is 0. The molecule has 0 amide bonds. The molecule has 1 saturated carbocycles. The van der Waals surface area contributed by atoms with E-state index in [1.54, 1.807) is 6.26 Å². The minimum Gasteiger partial charge on any atom is -0.466 e. The topological polar surface area (TPSA) is 59.4 Å². The van der Waals surface area contributed by atoms with Gasteiger partial charge in [-0.15, -0.1) is 0 Å². The summed E-state index contributed by atoms with van der Waals surface area (Å²) in [6.45, 7) is 0.512. The molecule has 1 fully saturated rings. The zero-order valence-corrected chi connectivity index (χ0v) is 8.83. The van der Waals surface area contributed by atoms with E-state index in [-0.39, 0.29) is 5.41 Å². The lowest BCUT2D eigenvalue weighted by molar-refractivity contribution is -0.0732. The average molecular weight is 207 g/mol. The molecule has 0 saturated heterocycles. The van der Waals surface area contributed by atoms with Crippen LogP contribution in [0, 0.1) is 5.41 Å². The Balaban J connectivity index is 2.08. The fourth-order valence-corrected chi connectivity index (χ4v) is 3.12. The molecule has 1 heterocycles. The van der Waals surface area contributed by atoms with Gasteiger partial charge >= 0.3 is 0 Å². The Morgan fingerprint density at radius 3 is 2.87 bits per heavy atom. The third-order valence-corrected chi connectivity index (χ3v) is 4.23. The molecule has 3 heteroatoms. The maximum atomic E-state index is 10.8. The first-order valence-corrected chi connectivity index (χ1v) is 5.71. The summed E-state index contributed by atoms with van der Waals surface area (Å²) in [6.07, 6.45) is 6.66. The second kappa shape index (κ2) is 2.86. The largest absolute Gasteiger partial charge is 0.466 e. The van der Waals surface area contributed by atoms with Gasteiger partial charge in [-0.25, -0.2) is 0 Å². The zero-order valence-electron chi connectivity index (χ0n) is 8.83. The first-order valence-electron chi connectivity index (χ1n) is 5.71. The third kappa shape index (κ3) is 1.08. The number of hydrogen-bond donors (Lipinski definition) is 2. The van der Waals surface area contributed by atoms with Crippen LogP contribution in [-0.2, 0) is 12.0 Å². The quantitative estimate of drug-likeness (QED) is 0.773. The zero-order chi connectivity index (χ0) is 10.5. The van der Waals surface area contributed by atoms with Crippen LogP contribution in [0.2, 0.25) is 0 Å². The first-order chi connectivity index (χ1) is 7.22. The first kappa shape index (κ1) is 9.43. The highest BCUT2D eigenvalue weighted by Crippen LogP contribution is 2.65. The monoisotopic (exact) mass is 207 g/mol. The Morgan fingerprint density at radius 2 is 2.20 bits per heavy atom. The second-order valence-electron chi connectivity index (χ2n) is 4.95. The van der Waals surface area contributed by atoms with Crippen molar-refractivity contribution < 1.29 is 9.52 Å². The van der Waals surface area contributed by atoms with E-state index >= 15 is 0 Å². The summed E-state index contributed by atoms with van der Waals surface area (Å²) in [6, 6.07) is 1.98. The third-order valence-electron chi connectivity index (χ3n) is 4.23. The Bertz CT molecular complexity index is 381. The van der Waals surface area contributed by atoms with E-state index < -0.39 is 5.60 Å². The highest BCUT2D eigenvalue weighted by atomic mass is 16.4. The fraction of sp³-hybridized carbons (Fsp3) is 0.667. The van der Waals surface area contributed by atoms with Gasteiger partial charge in [-0.1, -0.05) is 0 Å². The number of aliphatic hydroxyl groups is 1. The van der Waals surface area contributed by atoms with Crippen LogP contribution in [0.15, 0.2) is 16.7 Å². The van der Waals surface area contributed by atoms with Gasteiger partial charge in [-0.05, 0) is 50.3 Å². The summed E-state index contributed by atoms with van der Waals surface area (Å²) in [5.41, 5.74) is 6.08. The molecule has 3 rings (SSSR count). The van der Waals surface area contributed by atoms with Crippen molar-refractivity contribution in [3.8, 4) is 0 Å². The number of furan rings is 1. The average Bonchev–Trinajstić information content (AvgIpc) is 2.84. The molecule has 1 unspecified atom stereocenters. The molecule has 1 aromatic heterocycles. The van der Waals surface area contributed by atoms with Gasteiger partial charge in [0.05, 0.1) is 6.26 Å². The normalized spacial score (nSPS) is 31.6. The minimum atomic E-state index is -0.793. The molecule has 82 valence electrons. The van der Waals surface area contributed by atoms with Crippen LogP contribution in [0.3, 0.4) is 0 Å². The molecule has 0 aromatic carbocycles. The van der Waals surface area contributed by atoms with Crippen LogP contribution in [0.1, 0.15) is 37.0 Å². The molecule has 3 N–H and O–H groups in total. The van der Waals surface area contributed by atoms with Gasteiger partial charge in [-0.3, -0.25) is 0 Å². The number of aryl methyl sites for hydroxylation is 1. The molecule has 2 aliphatic rings. The molecule has 1 spiro atoms. The molecule has 0 radical (unpaired) electrons. The lowest BCUT2D eigenvalue weighted by Crippen LogP contribution is -2.42. The Labute approximate surface area is 89.3 Å². The summed E-state index contributed by atoms with van der Waals surface area (Å²) in [5.74, 6) is 0.789. The van der Waals surface area contributed by atoms with Crippen molar-refractivity contribution in [3.63, 3.8) is 0 Å². The summed E-state index contributed by atoms with van der Waals surface area (Å²) >= 11 is 0. The SMILES string of the molecule is NCCC1(O)c2occc2CCC12CC2. The number of fused-ring (bicyclic) bond motifs is 1. The van der Waals surface area contributed by atoms with Crippen molar-refractivity contribution in [2.75, 3.05) is 6.54 Å². The van der Waals surface area contributed by atoms with Crippen molar-refractivity contribution in [3.05, 3.63) is 23.7 Å².